The minimum atomic E-state index is 0.0270. The van der Waals surface area contributed by atoms with E-state index in [0.717, 1.165) is 20.1 Å². The third-order valence-corrected chi connectivity index (χ3v) is 3.97. The maximum atomic E-state index is 5.82. The Balaban J connectivity index is 1.84. The van der Waals surface area contributed by atoms with Gasteiger partial charge in [0.2, 0.25) is 5.89 Å². The zero-order valence-corrected chi connectivity index (χ0v) is 14.3. The molecule has 2 aromatic heterocycles. The minimum absolute atomic E-state index is 0.0270. The van der Waals surface area contributed by atoms with Gasteiger partial charge in [0.1, 0.15) is 12.4 Å². The van der Waals surface area contributed by atoms with Gasteiger partial charge in [-0.3, -0.25) is 4.98 Å². The molecule has 3 aromatic rings. The van der Waals surface area contributed by atoms with Crippen LogP contribution >= 0.6 is 31.9 Å². The van der Waals surface area contributed by atoms with E-state index in [9.17, 15) is 0 Å². The normalized spacial score (nSPS) is 10.6. The summed E-state index contributed by atoms with van der Waals surface area (Å²) >= 11 is 6.97. The number of nitrogens with zero attached hydrogens (tertiary/aromatic N) is 3. The molecule has 112 valence electrons. The second kappa shape index (κ2) is 6.45. The smallest absolute Gasteiger partial charge is 0.313 e. The van der Waals surface area contributed by atoms with Crippen LogP contribution in [0.1, 0.15) is 5.56 Å². The number of rotatable bonds is 4. The van der Waals surface area contributed by atoms with Crippen molar-refractivity contribution in [3.63, 3.8) is 0 Å². The number of halogens is 2. The van der Waals surface area contributed by atoms with Gasteiger partial charge in [-0.05, 0) is 50.1 Å². The summed E-state index contributed by atoms with van der Waals surface area (Å²) in [5.41, 5.74) is 7.15. The van der Waals surface area contributed by atoms with Crippen molar-refractivity contribution < 1.29 is 9.15 Å². The molecule has 0 saturated heterocycles. The standard InChI is InChI=1S/C14H10Br2N4O2/c15-10-4-9(13-19-20-14(17)22-13)5-11(16)12(10)21-7-8-2-1-3-18-6-8/h1-6H,7H2,(H2,17,20). The number of ether oxygens (including phenoxy) is 1. The molecule has 0 aliphatic heterocycles. The Bertz CT molecular complexity index is 770. The highest BCUT2D eigenvalue weighted by molar-refractivity contribution is 9.11. The molecule has 0 aliphatic rings. The number of nitrogen functional groups attached to an aromatic ring is 1. The monoisotopic (exact) mass is 424 g/mol. The number of benzene rings is 1. The highest BCUT2D eigenvalue weighted by Gasteiger charge is 2.14. The van der Waals surface area contributed by atoms with Crippen LogP contribution in [0.3, 0.4) is 0 Å². The predicted molar refractivity (Wildman–Crippen MR) is 88.1 cm³/mol. The lowest BCUT2D eigenvalue weighted by Crippen LogP contribution is -1.97. The fourth-order valence-corrected chi connectivity index (χ4v) is 3.23. The summed E-state index contributed by atoms with van der Waals surface area (Å²) < 4.78 is 12.6. The van der Waals surface area contributed by atoms with Gasteiger partial charge in [0.25, 0.3) is 0 Å². The molecule has 0 aliphatic carbocycles. The van der Waals surface area contributed by atoms with Crippen LogP contribution in [0, 0.1) is 0 Å². The van der Waals surface area contributed by atoms with E-state index >= 15 is 0 Å². The van der Waals surface area contributed by atoms with E-state index in [1.807, 2.05) is 24.3 Å². The fraction of sp³-hybridized carbons (Fsp3) is 0.0714. The van der Waals surface area contributed by atoms with Gasteiger partial charge in [0, 0.05) is 23.5 Å². The van der Waals surface area contributed by atoms with Crippen LogP contribution < -0.4 is 10.5 Å². The minimum Gasteiger partial charge on any atom is -0.486 e. The molecule has 2 N–H and O–H groups in total. The van der Waals surface area contributed by atoms with Gasteiger partial charge in [-0.25, -0.2) is 0 Å². The topological polar surface area (TPSA) is 87.1 Å². The van der Waals surface area contributed by atoms with Crippen LogP contribution in [0.25, 0.3) is 11.5 Å². The number of anilines is 1. The number of pyridine rings is 1. The highest BCUT2D eigenvalue weighted by atomic mass is 79.9. The zero-order valence-electron chi connectivity index (χ0n) is 11.2. The summed E-state index contributed by atoms with van der Waals surface area (Å²) in [5.74, 6) is 1.03. The number of nitrogens with two attached hydrogens (primary N) is 1. The molecule has 22 heavy (non-hydrogen) atoms. The average molecular weight is 426 g/mol. The van der Waals surface area contributed by atoms with Crippen molar-refractivity contribution in [3.8, 4) is 17.2 Å². The molecular formula is C14H10Br2N4O2. The largest absolute Gasteiger partial charge is 0.486 e. The lowest BCUT2D eigenvalue weighted by molar-refractivity contribution is 0.302. The molecule has 8 heteroatoms. The molecule has 0 atom stereocenters. The maximum absolute atomic E-state index is 5.82. The summed E-state index contributed by atoms with van der Waals surface area (Å²) in [6.45, 7) is 0.415. The Kier molecular flexibility index (Phi) is 4.39. The molecule has 2 heterocycles. The maximum Gasteiger partial charge on any atom is 0.313 e. The quantitative estimate of drug-likeness (QED) is 0.683. The van der Waals surface area contributed by atoms with Crippen LogP contribution in [0.5, 0.6) is 5.75 Å². The summed E-state index contributed by atoms with van der Waals surface area (Å²) in [7, 11) is 0. The molecule has 0 bridgehead atoms. The third-order valence-electron chi connectivity index (χ3n) is 2.79. The first-order chi connectivity index (χ1) is 10.6. The van der Waals surface area contributed by atoms with E-state index in [1.165, 1.54) is 0 Å². The lowest BCUT2D eigenvalue weighted by Gasteiger charge is -2.11. The summed E-state index contributed by atoms with van der Waals surface area (Å²) in [6, 6.07) is 7.50. The molecule has 0 unspecified atom stereocenters. The Morgan fingerprint density at radius 3 is 2.55 bits per heavy atom. The van der Waals surface area contributed by atoms with Gasteiger partial charge in [-0.15, -0.1) is 5.10 Å². The van der Waals surface area contributed by atoms with Crippen molar-refractivity contribution in [2.24, 2.45) is 0 Å². The van der Waals surface area contributed by atoms with Crippen LogP contribution in [0.2, 0.25) is 0 Å². The van der Waals surface area contributed by atoms with Crippen LogP contribution in [-0.4, -0.2) is 15.2 Å². The van der Waals surface area contributed by atoms with Crippen molar-refractivity contribution in [1.82, 2.24) is 15.2 Å². The Morgan fingerprint density at radius 1 is 1.18 bits per heavy atom. The van der Waals surface area contributed by atoms with Crippen molar-refractivity contribution in [3.05, 3.63) is 51.2 Å². The van der Waals surface area contributed by atoms with E-state index < -0.39 is 0 Å². The first kappa shape index (κ1) is 15.0. The summed E-state index contributed by atoms with van der Waals surface area (Å²) in [5, 5.41) is 7.50. The van der Waals surface area contributed by atoms with E-state index in [-0.39, 0.29) is 6.01 Å². The molecule has 3 rings (SSSR count). The Morgan fingerprint density at radius 2 is 1.95 bits per heavy atom. The zero-order chi connectivity index (χ0) is 15.5. The number of hydrogen-bond acceptors (Lipinski definition) is 6. The van der Waals surface area contributed by atoms with Crippen molar-refractivity contribution >= 4 is 37.9 Å². The Hall–Kier alpha value is -1.93. The summed E-state index contributed by atoms with van der Waals surface area (Å²) in [4.78, 5) is 4.06. The second-order valence-electron chi connectivity index (χ2n) is 4.36. The van der Waals surface area contributed by atoms with Gasteiger partial charge < -0.3 is 14.9 Å². The van der Waals surface area contributed by atoms with Gasteiger partial charge in [-0.1, -0.05) is 11.2 Å². The Labute approximate surface area is 143 Å². The molecule has 0 saturated carbocycles. The van der Waals surface area contributed by atoms with E-state index in [2.05, 4.69) is 47.0 Å². The van der Waals surface area contributed by atoms with Crippen molar-refractivity contribution in [1.29, 1.82) is 0 Å². The third kappa shape index (κ3) is 3.28. The number of hydrogen-bond donors (Lipinski definition) is 1. The average Bonchev–Trinajstić information content (AvgIpc) is 2.94. The van der Waals surface area contributed by atoms with E-state index in [1.54, 1.807) is 12.4 Å². The van der Waals surface area contributed by atoms with Crippen LogP contribution in [0.15, 0.2) is 50.0 Å². The molecule has 0 amide bonds. The first-order valence-electron chi connectivity index (χ1n) is 6.23. The van der Waals surface area contributed by atoms with Crippen LogP contribution in [0.4, 0.5) is 6.01 Å². The SMILES string of the molecule is Nc1nnc(-c2cc(Br)c(OCc3cccnc3)c(Br)c2)o1. The molecular weight excluding hydrogens is 416 g/mol. The van der Waals surface area contributed by atoms with Gasteiger partial charge in [-0.2, -0.15) is 0 Å². The summed E-state index contributed by atoms with van der Waals surface area (Å²) in [6.07, 6.45) is 3.48. The molecule has 1 aromatic carbocycles. The van der Waals surface area contributed by atoms with Crippen molar-refractivity contribution in [2.45, 2.75) is 6.61 Å². The van der Waals surface area contributed by atoms with Gasteiger partial charge in [0.15, 0.2) is 0 Å². The molecule has 0 radical (unpaired) electrons. The van der Waals surface area contributed by atoms with Crippen molar-refractivity contribution in [2.75, 3.05) is 5.73 Å². The predicted octanol–water partition coefficient (Wildman–Crippen LogP) is 3.82. The first-order valence-corrected chi connectivity index (χ1v) is 7.82. The highest BCUT2D eigenvalue weighted by Crippen LogP contribution is 2.38. The van der Waals surface area contributed by atoms with Gasteiger partial charge >= 0.3 is 6.01 Å². The molecule has 0 spiro atoms. The van der Waals surface area contributed by atoms with Gasteiger partial charge in [0.05, 0.1) is 8.95 Å². The number of aromatic nitrogens is 3. The van der Waals surface area contributed by atoms with E-state index in [0.29, 0.717) is 18.2 Å². The fourth-order valence-electron chi connectivity index (χ4n) is 1.81. The van der Waals surface area contributed by atoms with Crippen LogP contribution in [-0.2, 0) is 6.61 Å². The second-order valence-corrected chi connectivity index (χ2v) is 6.07. The molecule has 6 nitrogen and oxygen atoms in total. The van der Waals surface area contributed by atoms with E-state index in [4.69, 9.17) is 14.9 Å². The molecule has 0 fully saturated rings. The lowest BCUT2D eigenvalue weighted by atomic mass is 10.2.